The topological polar surface area (TPSA) is 83.6 Å². The molecule has 3 aromatic rings. The van der Waals surface area contributed by atoms with Gasteiger partial charge in [0.05, 0.1) is 21.2 Å². The van der Waals surface area contributed by atoms with E-state index in [0.29, 0.717) is 30.3 Å². The number of carbonyl (C=O) groups is 2. The summed E-state index contributed by atoms with van der Waals surface area (Å²) in [6.45, 7) is 3.91. The highest BCUT2D eigenvalue weighted by atomic mass is 127. The van der Waals surface area contributed by atoms with Crippen LogP contribution in [0.2, 0.25) is 4.34 Å². The van der Waals surface area contributed by atoms with Crippen LogP contribution >= 0.6 is 68.1 Å². The lowest BCUT2D eigenvalue weighted by Crippen LogP contribution is -2.30. The first kappa shape index (κ1) is 22.7. The fourth-order valence-corrected chi connectivity index (χ4v) is 6.55. The van der Waals surface area contributed by atoms with E-state index in [4.69, 9.17) is 11.6 Å². The highest BCUT2D eigenvalue weighted by Gasteiger charge is 2.38. The molecule has 158 valence electrons. The molecule has 0 saturated heterocycles. The van der Waals surface area contributed by atoms with E-state index in [2.05, 4.69) is 33.9 Å². The van der Waals surface area contributed by atoms with E-state index in [9.17, 15) is 18.0 Å². The molecule has 0 aliphatic carbocycles. The average molecular weight is 697 g/mol. The number of amides is 2. The van der Waals surface area contributed by atoms with Crippen molar-refractivity contribution in [3.63, 3.8) is 0 Å². The number of fused-ring (bicyclic) bond motifs is 1. The molecule has 31 heavy (non-hydrogen) atoms. The molecule has 0 fully saturated rings. The molecule has 0 spiro atoms. The Kier molecular flexibility index (Phi) is 6.20. The summed E-state index contributed by atoms with van der Waals surface area (Å²) in [7, 11) is -3.83. The van der Waals surface area contributed by atoms with E-state index < -0.39 is 21.8 Å². The van der Waals surface area contributed by atoms with Crippen LogP contribution in [0.3, 0.4) is 0 Å². The van der Waals surface area contributed by atoms with Crippen molar-refractivity contribution in [2.45, 2.75) is 4.21 Å². The summed E-state index contributed by atoms with van der Waals surface area (Å²) in [5, 5.41) is 0. The van der Waals surface area contributed by atoms with Crippen LogP contribution in [-0.2, 0) is 10.0 Å². The largest absolute Gasteiger partial charge is 0.279 e. The number of benzene rings is 2. The molecule has 2 aromatic carbocycles. The second kappa shape index (κ2) is 8.46. The van der Waals surface area contributed by atoms with Crippen LogP contribution in [0, 0.1) is 3.57 Å². The molecule has 2 amide bonds. The highest BCUT2D eigenvalue weighted by Crippen LogP contribution is 2.38. The zero-order chi connectivity index (χ0) is 22.5. The molecule has 0 bridgehead atoms. The molecule has 4 rings (SSSR count). The summed E-state index contributed by atoms with van der Waals surface area (Å²) in [6.07, 6.45) is 0. The Labute approximate surface area is 214 Å². The van der Waals surface area contributed by atoms with Gasteiger partial charge in [0.25, 0.3) is 21.8 Å². The lowest BCUT2D eigenvalue weighted by molar-refractivity contribution is 0.0926. The van der Waals surface area contributed by atoms with Gasteiger partial charge in [0.1, 0.15) is 4.21 Å². The highest BCUT2D eigenvalue weighted by molar-refractivity contribution is 14.1. The fraction of sp³-hybridized carbons (Fsp3) is 0. The zero-order valence-corrected chi connectivity index (χ0v) is 22.1. The Hall–Kier alpha value is -1.48. The number of thiophene rings is 1. The van der Waals surface area contributed by atoms with Gasteiger partial charge in [0.2, 0.25) is 0 Å². The zero-order valence-electron chi connectivity index (χ0n) is 15.4. The Morgan fingerprint density at radius 2 is 1.74 bits per heavy atom. The Morgan fingerprint density at radius 3 is 2.39 bits per heavy atom. The molecule has 0 radical (unpaired) electrons. The number of halogens is 3. The molecule has 1 aliphatic heterocycles. The van der Waals surface area contributed by atoms with Crippen molar-refractivity contribution in [3.8, 4) is 0 Å². The van der Waals surface area contributed by atoms with Gasteiger partial charge in [-0.25, -0.2) is 13.3 Å². The van der Waals surface area contributed by atoms with Gasteiger partial charge in [0, 0.05) is 18.4 Å². The van der Waals surface area contributed by atoms with Gasteiger partial charge in [-0.05, 0) is 93.7 Å². The lowest BCUT2D eigenvalue weighted by atomic mass is 10.1. The third-order valence-electron chi connectivity index (χ3n) is 4.44. The van der Waals surface area contributed by atoms with Crippen molar-refractivity contribution in [3.05, 3.63) is 79.7 Å². The van der Waals surface area contributed by atoms with Crippen molar-refractivity contribution >= 4 is 105 Å². The van der Waals surface area contributed by atoms with Gasteiger partial charge < -0.3 is 0 Å². The van der Waals surface area contributed by atoms with Gasteiger partial charge >= 0.3 is 0 Å². The second-order valence-corrected chi connectivity index (χ2v) is 12.6. The van der Waals surface area contributed by atoms with Gasteiger partial charge in [0.15, 0.2) is 0 Å². The monoisotopic (exact) mass is 696 g/mol. The van der Waals surface area contributed by atoms with Gasteiger partial charge in [-0.15, -0.1) is 11.3 Å². The molecule has 6 nitrogen and oxygen atoms in total. The molecule has 1 N–H and O–H groups in total. The summed E-state index contributed by atoms with van der Waals surface area (Å²) in [6, 6.07) is 12.6. The van der Waals surface area contributed by atoms with Crippen LogP contribution in [0.5, 0.6) is 0 Å². The number of anilines is 2. The number of carbonyl (C=O) groups excluding carboxylic acids is 2. The summed E-state index contributed by atoms with van der Waals surface area (Å²) >= 11 is 10.8. The number of nitrogens with one attached hydrogen (secondary N) is 1. The average Bonchev–Trinajstić information content (AvgIpc) is 3.24. The SMILES string of the molecule is C=C(I)c1cc(NS(=O)(=O)c2ccc(Cl)s2)ccc1N1C(=O)c2ccc(I)cc2C1=O. The van der Waals surface area contributed by atoms with E-state index in [-0.39, 0.29) is 9.90 Å². The minimum atomic E-state index is -3.83. The molecule has 2 heterocycles. The third kappa shape index (κ3) is 4.27. The molecule has 1 aliphatic rings. The Balaban J connectivity index is 1.73. The fourth-order valence-electron chi connectivity index (χ4n) is 3.09. The van der Waals surface area contributed by atoms with Gasteiger partial charge in [-0.2, -0.15) is 0 Å². The predicted octanol–water partition coefficient (Wildman–Crippen LogP) is 6.01. The van der Waals surface area contributed by atoms with Crippen molar-refractivity contribution in [1.29, 1.82) is 0 Å². The summed E-state index contributed by atoms with van der Waals surface area (Å²) < 4.78 is 29.6. The first-order chi connectivity index (χ1) is 14.6. The first-order valence-corrected chi connectivity index (χ1v) is 13.4. The van der Waals surface area contributed by atoms with Gasteiger partial charge in [-0.1, -0.05) is 18.2 Å². The Bertz CT molecular complexity index is 1390. The number of rotatable bonds is 5. The van der Waals surface area contributed by atoms with Crippen molar-refractivity contribution in [2.75, 3.05) is 9.62 Å². The van der Waals surface area contributed by atoms with E-state index in [1.54, 1.807) is 24.3 Å². The van der Waals surface area contributed by atoms with Crippen LogP contribution in [0.1, 0.15) is 26.3 Å². The number of imide groups is 1. The van der Waals surface area contributed by atoms with E-state index in [1.165, 1.54) is 24.3 Å². The smallest absolute Gasteiger partial charge is 0.271 e. The van der Waals surface area contributed by atoms with Crippen molar-refractivity contribution in [2.24, 2.45) is 0 Å². The van der Waals surface area contributed by atoms with Crippen LogP contribution in [-0.4, -0.2) is 20.2 Å². The molecular weight excluding hydrogens is 686 g/mol. The summed E-state index contributed by atoms with van der Waals surface area (Å²) in [4.78, 5) is 27.0. The molecule has 11 heteroatoms. The standard InChI is InChI=1S/C20H11ClI2N2O4S2/c1-10(22)14-9-12(24-31(28,29)18-7-6-17(21)30-18)3-5-16(14)25-19(26)13-4-2-11(23)8-15(13)20(25)27/h2-9,24H,1H2. The molecular formula is C20H11ClI2N2O4S2. The minimum absolute atomic E-state index is 0.0753. The molecule has 0 unspecified atom stereocenters. The van der Waals surface area contributed by atoms with Crippen LogP contribution in [0.25, 0.3) is 3.58 Å². The number of sulfonamides is 1. The number of nitrogens with zero attached hydrogens (tertiary/aromatic N) is 1. The van der Waals surface area contributed by atoms with Crippen LogP contribution < -0.4 is 9.62 Å². The Morgan fingerprint density at radius 1 is 1.03 bits per heavy atom. The number of hydrogen-bond acceptors (Lipinski definition) is 5. The molecule has 0 atom stereocenters. The van der Waals surface area contributed by atoms with Crippen molar-refractivity contribution in [1.82, 2.24) is 0 Å². The predicted molar refractivity (Wildman–Crippen MR) is 140 cm³/mol. The van der Waals surface area contributed by atoms with Crippen molar-refractivity contribution < 1.29 is 18.0 Å². The maximum absolute atomic E-state index is 13.0. The molecule has 1 aromatic heterocycles. The normalized spacial score (nSPS) is 13.5. The number of hydrogen-bond donors (Lipinski definition) is 1. The second-order valence-electron chi connectivity index (χ2n) is 6.44. The first-order valence-electron chi connectivity index (χ1n) is 8.54. The van der Waals surface area contributed by atoms with Crippen LogP contribution in [0.4, 0.5) is 11.4 Å². The maximum Gasteiger partial charge on any atom is 0.271 e. The van der Waals surface area contributed by atoms with Gasteiger partial charge in [-0.3, -0.25) is 14.3 Å². The quantitative estimate of drug-likeness (QED) is 0.262. The minimum Gasteiger partial charge on any atom is -0.279 e. The lowest BCUT2D eigenvalue weighted by Gasteiger charge is -2.19. The maximum atomic E-state index is 13.0. The third-order valence-corrected chi connectivity index (χ3v) is 8.80. The van der Waals surface area contributed by atoms with E-state index in [1.807, 2.05) is 22.6 Å². The summed E-state index contributed by atoms with van der Waals surface area (Å²) in [5.74, 6) is -0.865. The molecule has 0 saturated carbocycles. The van der Waals surface area contributed by atoms with Crippen LogP contribution in [0.15, 0.2) is 59.3 Å². The summed E-state index contributed by atoms with van der Waals surface area (Å²) in [5.41, 5.74) is 1.74. The van der Waals surface area contributed by atoms with E-state index in [0.717, 1.165) is 19.8 Å². The van der Waals surface area contributed by atoms with E-state index >= 15 is 0 Å².